The van der Waals surface area contributed by atoms with E-state index in [9.17, 15) is 0 Å². The van der Waals surface area contributed by atoms with Crippen LogP contribution in [0.3, 0.4) is 0 Å². The van der Waals surface area contributed by atoms with Crippen molar-refractivity contribution in [1.29, 1.82) is 5.26 Å². The van der Waals surface area contributed by atoms with Gasteiger partial charge >= 0.3 is 0 Å². The topological polar surface area (TPSA) is 101 Å². The lowest BCUT2D eigenvalue weighted by molar-refractivity contribution is 0.130. The third kappa shape index (κ3) is 7.16. The summed E-state index contributed by atoms with van der Waals surface area (Å²) in [7, 11) is 0. The number of ether oxygens (including phenoxy) is 1. The van der Waals surface area contributed by atoms with E-state index in [-0.39, 0.29) is 5.54 Å². The lowest BCUT2D eigenvalue weighted by Crippen LogP contribution is -2.43. The number of rotatable bonds is 5. The van der Waals surface area contributed by atoms with Gasteiger partial charge in [-0.05, 0) is 86.7 Å². The normalized spacial score (nSPS) is 16.9. The van der Waals surface area contributed by atoms with E-state index in [0.717, 1.165) is 80.3 Å². The molecule has 0 atom stereocenters. The average molecular weight is 694 g/mol. The molecule has 52 heavy (non-hydrogen) atoms. The molecule has 0 bridgehead atoms. The number of imidazole rings is 2. The molecule has 0 amide bonds. The molecular formula is C42H47N9O. The highest BCUT2D eigenvalue weighted by Crippen LogP contribution is 2.29. The lowest BCUT2D eigenvalue weighted by atomic mass is 9.91. The third-order valence-corrected chi connectivity index (χ3v) is 11.0. The predicted molar refractivity (Wildman–Crippen MR) is 204 cm³/mol. The number of nitrogens with zero attached hydrogens (tertiary/aromatic N) is 9. The standard InChI is InChI=1S/C22H24N4.C20H23N5O/c1-22(2,3)25-11-10-21-24-19-9-8-18(14-20(19)26(21)13-12-25)17-6-4-16(15-23)5-7-17;1-2-16(3-1)24-9-6-19-23-17-5-4-15(12-18(17)25(19)11-10-24)14-26-20-13-21-7-8-22-20/h4-9,14H,10-13H2,1-3H3;4-5,7-8,12-13,16H,1-3,6,9-11,14H2. The third-order valence-electron chi connectivity index (χ3n) is 11.0. The minimum absolute atomic E-state index is 0.188. The Bertz CT molecular complexity index is 2200. The van der Waals surface area contributed by atoms with Crippen LogP contribution in [0, 0.1) is 11.3 Å². The van der Waals surface area contributed by atoms with Crippen molar-refractivity contribution < 1.29 is 4.74 Å². The van der Waals surface area contributed by atoms with Gasteiger partial charge in [-0.15, -0.1) is 0 Å². The second-order valence-corrected chi connectivity index (χ2v) is 15.2. The second kappa shape index (κ2) is 14.5. The zero-order valence-electron chi connectivity index (χ0n) is 30.5. The van der Waals surface area contributed by atoms with E-state index in [2.05, 4.69) is 92.1 Å². The van der Waals surface area contributed by atoms with Crippen molar-refractivity contribution in [2.45, 2.75) is 84.2 Å². The van der Waals surface area contributed by atoms with Crippen LogP contribution in [-0.2, 0) is 32.5 Å². The molecule has 3 aromatic carbocycles. The zero-order chi connectivity index (χ0) is 35.7. The molecule has 10 heteroatoms. The van der Waals surface area contributed by atoms with E-state index in [1.165, 1.54) is 47.5 Å². The summed E-state index contributed by atoms with van der Waals surface area (Å²) in [5, 5.41) is 8.98. The first kappa shape index (κ1) is 34.0. The Morgan fingerprint density at radius 3 is 2.13 bits per heavy atom. The van der Waals surface area contributed by atoms with Gasteiger partial charge in [-0.3, -0.25) is 14.8 Å². The van der Waals surface area contributed by atoms with Gasteiger partial charge in [-0.1, -0.05) is 30.7 Å². The van der Waals surface area contributed by atoms with E-state index in [1.807, 2.05) is 24.3 Å². The largest absolute Gasteiger partial charge is 0.472 e. The van der Waals surface area contributed by atoms with Gasteiger partial charge in [0.05, 0.1) is 39.9 Å². The van der Waals surface area contributed by atoms with Crippen molar-refractivity contribution in [3.05, 3.63) is 102 Å². The van der Waals surface area contributed by atoms with Crippen LogP contribution >= 0.6 is 0 Å². The molecule has 0 saturated heterocycles. The van der Waals surface area contributed by atoms with Crippen molar-refractivity contribution in [3.8, 4) is 23.1 Å². The first-order valence-electron chi connectivity index (χ1n) is 18.7. The number of hydrogen-bond donors (Lipinski definition) is 0. The smallest absolute Gasteiger partial charge is 0.232 e. The summed E-state index contributed by atoms with van der Waals surface area (Å²) in [5.41, 5.74) is 8.89. The van der Waals surface area contributed by atoms with Gasteiger partial charge in [0.1, 0.15) is 18.3 Å². The zero-order valence-corrected chi connectivity index (χ0v) is 30.5. The number of nitriles is 1. The summed E-state index contributed by atoms with van der Waals surface area (Å²) in [5.74, 6) is 2.95. The Balaban J connectivity index is 0.000000149. The van der Waals surface area contributed by atoms with Crippen LogP contribution in [0.2, 0.25) is 0 Å². The number of hydrogen-bond acceptors (Lipinski definition) is 8. The van der Waals surface area contributed by atoms with Crippen LogP contribution in [0.1, 0.15) is 62.8 Å². The predicted octanol–water partition coefficient (Wildman–Crippen LogP) is 7.05. The maximum atomic E-state index is 8.98. The number of fused-ring (bicyclic) bond motifs is 6. The number of benzene rings is 3. The molecule has 1 saturated carbocycles. The summed E-state index contributed by atoms with van der Waals surface area (Å²) in [6.07, 6.45) is 11.1. The molecule has 1 aliphatic carbocycles. The van der Waals surface area contributed by atoms with E-state index in [1.54, 1.807) is 18.6 Å². The van der Waals surface area contributed by atoms with Crippen LogP contribution in [-0.4, -0.2) is 76.6 Å². The van der Waals surface area contributed by atoms with Crippen LogP contribution in [0.15, 0.2) is 79.3 Å². The SMILES string of the molecule is CC(C)(C)N1CCc2nc3ccc(-c4ccc(C#N)cc4)cc3n2CC1.c1cnc(OCc2ccc3nc4n(c3c2)CCN(C2CCC2)CC4)cn1. The van der Waals surface area contributed by atoms with Gasteiger partial charge < -0.3 is 13.9 Å². The highest BCUT2D eigenvalue weighted by atomic mass is 16.5. The van der Waals surface area contributed by atoms with Crippen LogP contribution in [0.25, 0.3) is 33.2 Å². The Hall–Kier alpha value is -5.11. The minimum Gasteiger partial charge on any atom is -0.472 e. The van der Waals surface area contributed by atoms with Gasteiger partial charge in [0.2, 0.25) is 5.88 Å². The molecule has 9 rings (SSSR count). The van der Waals surface area contributed by atoms with E-state index < -0.39 is 0 Å². The molecule has 3 aromatic heterocycles. The Morgan fingerprint density at radius 1 is 0.769 bits per heavy atom. The fraction of sp³-hybridized carbons (Fsp3) is 0.405. The molecule has 2 aliphatic heterocycles. The highest BCUT2D eigenvalue weighted by molar-refractivity contribution is 5.83. The minimum atomic E-state index is 0.188. The molecule has 0 radical (unpaired) electrons. The molecule has 0 spiro atoms. The van der Waals surface area contributed by atoms with Crippen molar-refractivity contribution in [2.75, 3.05) is 26.2 Å². The monoisotopic (exact) mass is 693 g/mol. The quantitative estimate of drug-likeness (QED) is 0.190. The van der Waals surface area contributed by atoms with Gasteiger partial charge in [0.25, 0.3) is 0 Å². The average Bonchev–Trinajstić information content (AvgIpc) is 3.48. The summed E-state index contributed by atoms with van der Waals surface area (Å²) >= 11 is 0. The Kier molecular flexibility index (Phi) is 9.47. The van der Waals surface area contributed by atoms with Crippen molar-refractivity contribution in [2.24, 2.45) is 0 Å². The molecule has 6 aromatic rings. The molecule has 5 heterocycles. The van der Waals surface area contributed by atoms with Gasteiger partial charge in [0, 0.05) is 76.1 Å². The first-order valence-corrected chi connectivity index (χ1v) is 18.7. The highest BCUT2D eigenvalue weighted by Gasteiger charge is 2.28. The van der Waals surface area contributed by atoms with Crippen LogP contribution < -0.4 is 4.74 Å². The maximum absolute atomic E-state index is 8.98. The van der Waals surface area contributed by atoms with Crippen molar-refractivity contribution in [1.82, 2.24) is 38.9 Å². The Morgan fingerprint density at radius 2 is 1.46 bits per heavy atom. The molecule has 3 aliphatic rings. The molecule has 10 nitrogen and oxygen atoms in total. The van der Waals surface area contributed by atoms with Gasteiger partial charge in [-0.25, -0.2) is 15.0 Å². The summed E-state index contributed by atoms with van der Waals surface area (Å²) in [4.78, 5) is 23.2. The van der Waals surface area contributed by atoms with Crippen LogP contribution in [0.5, 0.6) is 5.88 Å². The fourth-order valence-corrected chi connectivity index (χ4v) is 7.73. The maximum Gasteiger partial charge on any atom is 0.232 e. The number of aromatic nitrogens is 6. The van der Waals surface area contributed by atoms with Gasteiger partial charge in [0.15, 0.2) is 0 Å². The lowest BCUT2D eigenvalue weighted by Gasteiger charge is -2.36. The molecule has 0 N–H and O–H groups in total. The van der Waals surface area contributed by atoms with Crippen molar-refractivity contribution >= 4 is 22.1 Å². The summed E-state index contributed by atoms with van der Waals surface area (Å²) in [6, 6.07) is 23.6. The summed E-state index contributed by atoms with van der Waals surface area (Å²) in [6.45, 7) is 13.7. The van der Waals surface area contributed by atoms with E-state index in [4.69, 9.17) is 20.0 Å². The first-order chi connectivity index (χ1) is 25.3. The second-order valence-electron chi connectivity index (χ2n) is 15.2. The van der Waals surface area contributed by atoms with Crippen molar-refractivity contribution in [3.63, 3.8) is 0 Å². The molecule has 266 valence electrons. The molecular weight excluding hydrogens is 647 g/mol. The Labute approximate surface area is 305 Å². The molecule has 1 fully saturated rings. The van der Waals surface area contributed by atoms with Gasteiger partial charge in [-0.2, -0.15) is 5.26 Å². The fourth-order valence-electron chi connectivity index (χ4n) is 7.73. The molecule has 0 unspecified atom stereocenters. The van der Waals surface area contributed by atoms with E-state index >= 15 is 0 Å². The van der Waals surface area contributed by atoms with Crippen LogP contribution in [0.4, 0.5) is 0 Å². The van der Waals surface area contributed by atoms with E-state index in [0.29, 0.717) is 18.1 Å². The summed E-state index contributed by atoms with van der Waals surface area (Å²) < 4.78 is 10.5.